The maximum Gasteiger partial charge on any atom is 0.186 e. The van der Waals surface area contributed by atoms with Crippen molar-refractivity contribution >= 4 is 0 Å². The predicted octanol–water partition coefficient (Wildman–Crippen LogP) is 0.731. The number of hydrogen-bond acceptors (Lipinski definition) is 14. The van der Waals surface area contributed by atoms with Crippen molar-refractivity contribution in [3.8, 4) is 0 Å². The van der Waals surface area contributed by atoms with Crippen LogP contribution >= 0.6 is 0 Å². The standard InChI is InChI=1S/C42H70O14/c1-20(2)7-8-22(45)21(3)29-23(46)15-40(6)27-10-9-26-38(4,19-53-36-34(51)32(49)30(47)24(16-43)54-36)28(56-37-35(52)33(50)31(48)25(17-44)55-37)11-12-41(26)18-42(27,41)14-13-39(29,40)5/h7,21-37,43-52H,8-19H2,1-6H3/t21-,22+,23+,24-,25-,26+,27-,28+,29+,30-,31-,32+,33+,34-,35-,36-,37+,38+,39-,40+,41-,42+/m1/s1. The van der Waals surface area contributed by atoms with Crippen LogP contribution in [0.15, 0.2) is 11.6 Å². The molecule has 0 bridgehead atoms. The van der Waals surface area contributed by atoms with E-state index in [9.17, 15) is 51.1 Å². The fourth-order valence-corrected chi connectivity index (χ4v) is 14.2. The second kappa shape index (κ2) is 15.3. The molecule has 56 heavy (non-hydrogen) atoms. The lowest BCUT2D eigenvalue weighted by molar-refractivity contribution is -0.340. The second-order valence-corrected chi connectivity index (χ2v) is 20.1. The van der Waals surface area contributed by atoms with Gasteiger partial charge >= 0.3 is 0 Å². The molecular formula is C42H70O14. The summed E-state index contributed by atoms with van der Waals surface area (Å²) in [4.78, 5) is 0. The third kappa shape index (κ3) is 6.34. The lowest BCUT2D eigenvalue weighted by Gasteiger charge is -2.64. The van der Waals surface area contributed by atoms with Crippen LogP contribution in [0.2, 0.25) is 0 Å². The first-order chi connectivity index (χ1) is 26.3. The Labute approximate surface area is 330 Å². The van der Waals surface area contributed by atoms with Crippen LogP contribution in [0.1, 0.15) is 99.3 Å². The van der Waals surface area contributed by atoms with Gasteiger partial charge in [-0.2, -0.15) is 0 Å². The van der Waals surface area contributed by atoms with E-state index in [-0.39, 0.29) is 46.0 Å². The summed E-state index contributed by atoms with van der Waals surface area (Å²) in [6.07, 6.45) is -6.88. The van der Waals surface area contributed by atoms with Gasteiger partial charge in [0.05, 0.1) is 38.1 Å². The number of rotatable bonds is 11. The molecule has 0 aromatic heterocycles. The molecule has 2 saturated heterocycles. The Morgan fingerprint density at radius 2 is 1.30 bits per heavy atom. The minimum atomic E-state index is -1.61. The van der Waals surface area contributed by atoms with E-state index in [4.69, 9.17) is 18.9 Å². The summed E-state index contributed by atoms with van der Waals surface area (Å²) >= 11 is 0. The molecule has 0 aromatic rings. The highest BCUT2D eigenvalue weighted by Gasteiger charge is 2.83. The van der Waals surface area contributed by atoms with Crippen LogP contribution in [0.3, 0.4) is 0 Å². The molecule has 14 nitrogen and oxygen atoms in total. The number of aliphatic hydroxyl groups is 10. The van der Waals surface area contributed by atoms with Gasteiger partial charge < -0.3 is 70.0 Å². The van der Waals surface area contributed by atoms with Crippen LogP contribution in [-0.4, -0.2) is 151 Å². The molecule has 0 radical (unpaired) electrons. The minimum absolute atomic E-state index is 0.00120. The van der Waals surface area contributed by atoms with E-state index < -0.39 is 98.4 Å². The monoisotopic (exact) mass is 798 g/mol. The number of allylic oxidation sites excluding steroid dienone is 1. The van der Waals surface area contributed by atoms with Gasteiger partial charge in [-0.15, -0.1) is 0 Å². The third-order valence-corrected chi connectivity index (χ3v) is 17.4. The van der Waals surface area contributed by atoms with Gasteiger partial charge in [-0.3, -0.25) is 0 Å². The Balaban J connectivity index is 1.18. The number of hydrogen-bond donors (Lipinski definition) is 10. The molecule has 7 fully saturated rings. The summed E-state index contributed by atoms with van der Waals surface area (Å²) in [5.41, 5.74) is -0.0759. The molecule has 322 valence electrons. The fraction of sp³-hybridized carbons (Fsp3) is 0.952. The molecule has 7 rings (SSSR count). The largest absolute Gasteiger partial charge is 0.394 e. The van der Waals surface area contributed by atoms with Crippen molar-refractivity contribution in [3.05, 3.63) is 11.6 Å². The van der Waals surface area contributed by atoms with Gasteiger partial charge in [0.1, 0.15) is 48.8 Å². The Morgan fingerprint density at radius 3 is 1.91 bits per heavy atom. The molecule has 2 spiro atoms. The molecule has 2 heterocycles. The van der Waals surface area contributed by atoms with Crippen LogP contribution in [0.4, 0.5) is 0 Å². The SMILES string of the molecule is CC(C)=CC[C@H](O)[C@@H](C)[C@H]1[C@@H](O)C[C@@]2(C)[C@H]3CC[C@H]4[C@](C)(CO[C@@H]5O[C@H](CO)[C@@H](O)[C@H](O)[C@H]5O)[C@@H](O[C@@H]5O[C@H](CO)[C@@H](O)[C@H](O)[C@H]5O)CC[C@@]45C[C@@]35CC[C@]12C. The highest BCUT2D eigenvalue weighted by atomic mass is 16.7. The zero-order valence-electron chi connectivity index (χ0n) is 34.0. The van der Waals surface area contributed by atoms with Gasteiger partial charge in [0.2, 0.25) is 0 Å². The molecule has 10 N–H and O–H groups in total. The summed E-state index contributed by atoms with van der Waals surface area (Å²) in [6, 6.07) is 0. The quantitative estimate of drug-likeness (QED) is 0.103. The molecule has 0 unspecified atom stereocenters. The Kier molecular flexibility index (Phi) is 11.8. The molecule has 0 amide bonds. The van der Waals surface area contributed by atoms with Crippen LogP contribution in [0.5, 0.6) is 0 Å². The summed E-state index contributed by atoms with van der Waals surface area (Å²) in [5.74, 6) is 0.242. The average molecular weight is 799 g/mol. The Bertz CT molecular complexity index is 1440. The van der Waals surface area contributed by atoms with Gasteiger partial charge in [-0.1, -0.05) is 39.3 Å². The van der Waals surface area contributed by atoms with Crippen molar-refractivity contribution in [3.63, 3.8) is 0 Å². The minimum Gasteiger partial charge on any atom is -0.394 e. The van der Waals surface area contributed by atoms with Gasteiger partial charge in [0, 0.05) is 5.41 Å². The summed E-state index contributed by atoms with van der Waals surface area (Å²) < 4.78 is 24.5. The van der Waals surface area contributed by atoms with E-state index in [0.717, 1.165) is 44.1 Å². The summed E-state index contributed by atoms with van der Waals surface area (Å²) in [5, 5.41) is 107. The molecule has 5 aliphatic carbocycles. The fourth-order valence-electron chi connectivity index (χ4n) is 14.2. The smallest absolute Gasteiger partial charge is 0.186 e. The summed E-state index contributed by atoms with van der Waals surface area (Å²) in [6.45, 7) is 11.8. The molecule has 7 aliphatic rings. The Hall–Kier alpha value is -0.820. The van der Waals surface area contributed by atoms with E-state index in [2.05, 4.69) is 33.8 Å². The zero-order chi connectivity index (χ0) is 40.9. The molecule has 22 atom stereocenters. The van der Waals surface area contributed by atoms with Crippen LogP contribution < -0.4 is 0 Å². The van der Waals surface area contributed by atoms with Crippen LogP contribution in [0, 0.1) is 50.7 Å². The van der Waals surface area contributed by atoms with Crippen LogP contribution in [0.25, 0.3) is 0 Å². The predicted molar refractivity (Wildman–Crippen MR) is 200 cm³/mol. The van der Waals surface area contributed by atoms with Gasteiger partial charge in [-0.05, 0) is 117 Å². The normalized spacial score (nSPS) is 54.9. The maximum absolute atomic E-state index is 11.9. The summed E-state index contributed by atoms with van der Waals surface area (Å²) in [7, 11) is 0. The van der Waals surface area contributed by atoms with Gasteiger partial charge in [0.15, 0.2) is 12.6 Å². The van der Waals surface area contributed by atoms with E-state index in [1.807, 2.05) is 13.8 Å². The van der Waals surface area contributed by atoms with Crippen molar-refractivity contribution in [2.45, 2.75) is 179 Å². The van der Waals surface area contributed by atoms with Gasteiger partial charge in [-0.25, -0.2) is 0 Å². The zero-order valence-corrected chi connectivity index (χ0v) is 34.0. The Morgan fingerprint density at radius 1 is 0.732 bits per heavy atom. The first-order valence-corrected chi connectivity index (χ1v) is 21.1. The van der Waals surface area contributed by atoms with Crippen molar-refractivity contribution in [2.75, 3.05) is 19.8 Å². The highest BCUT2D eigenvalue weighted by Crippen LogP contribution is 2.89. The lowest BCUT2D eigenvalue weighted by atomic mass is 9.41. The van der Waals surface area contributed by atoms with Gasteiger partial charge in [0.25, 0.3) is 0 Å². The molecule has 2 aliphatic heterocycles. The molecular weight excluding hydrogens is 728 g/mol. The van der Waals surface area contributed by atoms with E-state index in [1.165, 1.54) is 0 Å². The van der Waals surface area contributed by atoms with Crippen LogP contribution in [-0.2, 0) is 18.9 Å². The van der Waals surface area contributed by atoms with Crippen molar-refractivity contribution < 1.29 is 70.0 Å². The molecule has 0 aromatic carbocycles. The maximum atomic E-state index is 11.9. The molecule has 5 saturated carbocycles. The lowest BCUT2D eigenvalue weighted by Crippen LogP contribution is -2.63. The first kappa shape index (κ1) is 43.3. The first-order valence-electron chi connectivity index (χ1n) is 21.1. The van der Waals surface area contributed by atoms with Crippen molar-refractivity contribution in [1.82, 2.24) is 0 Å². The highest BCUT2D eigenvalue weighted by molar-refractivity contribution is 5.31. The number of ether oxygens (including phenoxy) is 4. The number of fused-ring (bicyclic) bond motifs is 2. The third-order valence-electron chi connectivity index (χ3n) is 17.4. The second-order valence-electron chi connectivity index (χ2n) is 20.1. The van der Waals surface area contributed by atoms with E-state index in [1.54, 1.807) is 0 Å². The topological polar surface area (TPSA) is 239 Å². The van der Waals surface area contributed by atoms with E-state index in [0.29, 0.717) is 25.2 Å². The van der Waals surface area contributed by atoms with Crippen molar-refractivity contribution in [2.24, 2.45) is 50.7 Å². The van der Waals surface area contributed by atoms with Crippen molar-refractivity contribution in [1.29, 1.82) is 0 Å². The average Bonchev–Trinajstić information content (AvgIpc) is 3.77. The molecule has 14 heteroatoms. The number of aliphatic hydroxyl groups excluding tert-OH is 10. The van der Waals surface area contributed by atoms with E-state index >= 15 is 0 Å².